The predicted molar refractivity (Wildman–Crippen MR) is 71.6 cm³/mol. The number of nitrogens with zero attached hydrogens (tertiary/aromatic N) is 2. The Labute approximate surface area is 117 Å². The van der Waals surface area contributed by atoms with Crippen LogP contribution in [0, 0.1) is 0 Å². The minimum atomic E-state index is -0.501. The maximum atomic E-state index is 11.3. The molecule has 0 fully saturated rings. The van der Waals surface area contributed by atoms with E-state index in [1.165, 1.54) is 7.11 Å². The van der Waals surface area contributed by atoms with E-state index >= 15 is 0 Å². The number of hydrogen-bond acceptors (Lipinski definition) is 5. The van der Waals surface area contributed by atoms with Crippen LogP contribution in [0.1, 0.15) is 42.7 Å². The van der Waals surface area contributed by atoms with E-state index in [9.17, 15) is 4.79 Å². The lowest BCUT2D eigenvalue weighted by Crippen LogP contribution is -2.02. The molecule has 0 aliphatic heterocycles. The predicted octanol–water partition coefficient (Wildman–Crippen LogP) is 2.81. The molecular formula is C14H18N2O4. The van der Waals surface area contributed by atoms with Gasteiger partial charge in [0.25, 0.3) is 0 Å². The first-order chi connectivity index (χ1) is 9.63. The Balaban J connectivity index is 2.01. The Morgan fingerprint density at radius 3 is 3.00 bits per heavy atom. The minimum Gasteiger partial charge on any atom is -0.479 e. The van der Waals surface area contributed by atoms with E-state index in [4.69, 9.17) is 9.15 Å². The van der Waals surface area contributed by atoms with E-state index in [1.807, 2.05) is 17.8 Å². The molecular weight excluding hydrogens is 260 g/mol. The summed E-state index contributed by atoms with van der Waals surface area (Å²) in [7, 11) is 1.31. The largest absolute Gasteiger partial charge is 0.479 e. The van der Waals surface area contributed by atoms with Crippen LogP contribution in [0.4, 0.5) is 0 Å². The van der Waals surface area contributed by atoms with Gasteiger partial charge in [0.05, 0.1) is 19.5 Å². The summed E-state index contributed by atoms with van der Waals surface area (Å²) < 4.78 is 17.5. The lowest BCUT2D eigenvalue weighted by atomic mass is 10.3. The van der Waals surface area contributed by atoms with Crippen LogP contribution in [0.5, 0.6) is 5.75 Å². The molecule has 0 bridgehead atoms. The van der Waals surface area contributed by atoms with Gasteiger partial charge < -0.3 is 13.9 Å². The zero-order valence-electron chi connectivity index (χ0n) is 11.8. The highest BCUT2D eigenvalue weighted by Crippen LogP contribution is 2.23. The van der Waals surface area contributed by atoms with Crippen molar-refractivity contribution in [2.75, 3.05) is 7.11 Å². The maximum absolute atomic E-state index is 11.3. The number of ether oxygens (including phenoxy) is 2. The molecule has 2 aromatic heterocycles. The van der Waals surface area contributed by atoms with Crippen molar-refractivity contribution in [1.29, 1.82) is 0 Å². The second kappa shape index (κ2) is 6.27. The van der Waals surface area contributed by atoms with Crippen LogP contribution in [-0.2, 0) is 11.3 Å². The summed E-state index contributed by atoms with van der Waals surface area (Å²) in [6.45, 7) is 4.78. The molecule has 0 spiro atoms. The summed E-state index contributed by atoms with van der Waals surface area (Å²) in [6, 6.07) is 3.27. The first kappa shape index (κ1) is 14.2. The normalized spacial score (nSPS) is 12.2. The van der Waals surface area contributed by atoms with E-state index in [-0.39, 0.29) is 11.9 Å². The number of aromatic nitrogens is 2. The number of furan rings is 1. The molecule has 1 unspecified atom stereocenters. The Kier molecular flexibility index (Phi) is 4.45. The van der Waals surface area contributed by atoms with Gasteiger partial charge in [-0.1, -0.05) is 6.92 Å². The van der Waals surface area contributed by atoms with Crippen LogP contribution >= 0.6 is 0 Å². The third kappa shape index (κ3) is 3.20. The number of carbonyl (C=O) groups excluding carboxylic acids is 1. The van der Waals surface area contributed by atoms with Gasteiger partial charge in [-0.2, -0.15) is 5.10 Å². The van der Waals surface area contributed by atoms with E-state index in [0.717, 1.165) is 13.0 Å². The second-order valence-corrected chi connectivity index (χ2v) is 4.39. The van der Waals surface area contributed by atoms with Gasteiger partial charge in [-0.05, 0) is 25.5 Å². The molecule has 2 rings (SSSR count). The van der Waals surface area contributed by atoms with Gasteiger partial charge in [0.2, 0.25) is 5.76 Å². The Bertz CT molecular complexity index is 573. The molecule has 108 valence electrons. The lowest BCUT2D eigenvalue weighted by molar-refractivity contribution is 0.0558. The Morgan fingerprint density at radius 2 is 2.30 bits per heavy atom. The molecule has 2 heterocycles. The highest BCUT2D eigenvalue weighted by Gasteiger charge is 2.17. The van der Waals surface area contributed by atoms with E-state index < -0.39 is 5.97 Å². The minimum absolute atomic E-state index is 0.166. The monoisotopic (exact) mass is 278 g/mol. The first-order valence-corrected chi connectivity index (χ1v) is 6.51. The molecule has 0 N–H and O–H groups in total. The molecule has 0 aromatic carbocycles. The highest BCUT2D eigenvalue weighted by molar-refractivity contribution is 5.86. The summed E-state index contributed by atoms with van der Waals surface area (Å²) >= 11 is 0. The van der Waals surface area contributed by atoms with Crippen molar-refractivity contribution >= 4 is 5.97 Å². The van der Waals surface area contributed by atoms with Gasteiger partial charge in [0.1, 0.15) is 5.76 Å². The average molecular weight is 278 g/mol. The van der Waals surface area contributed by atoms with Crippen LogP contribution in [0.2, 0.25) is 0 Å². The molecule has 0 aliphatic carbocycles. The highest BCUT2D eigenvalue weighted by atomic mass is 16.5. The molecule has 6 heteroatoms. The van der Waals surface area contributed by atoms with Crippen molar-refractivity contribution in [1.82, 2.24) is 9.78 Å². The number of esters is 1. The second-order valence-electron chi connectivity index (χ2n) is 4.39. The lowest BCUT2D eigenvalue weighted by Gasteiger charge is -2.09. The molecule has 0 saturated carbocycles. The van der Waals surface area contributed by atoms with Gasteiger partial charge in [0.15, 0.2) is 11.9 Å². The SMILES string of the molecule is CCCn1cc(OC(C)c2ccc(C(=O)OC)o2)cn1. The maximum Gasteiger partial charge on any atom is 0.373 e. The standard InChI is InChI=1S/C14H18N2O4/c1-4-7-16-9-11(8-15-16)19-10(2)12-5-6-13(20-12)14(17)18-3/h5-6,8-10H,4,7H2,1-3H3. The average Bonchev–Trinajstić information content (AvgIpc) is 3.07. The van der Waals surface area contributed by atoms with Gasteiger partial charge >= 0.3 is 5.97 Å². The van der Waals surface area contributed by atoms with Crippen LogP contribution < -0.4 is 4.74 Å². The zero-order chi connectivity index (χ0) is 14.5. The van der Waals surface area contributed by atoms with Gasteiger partial charge in [0, 0.05) is 6.54 Å². The van der Waals surface area contributed by atoms with Crippen LogP contribution in [0.3, 0.4) is 0 Å². The first-order valence-electron chi connectivity index (χ1n) is 6.51. The number of aryl methyl sites for hydroxylation is 1. The van der Waals surface area contributed by atoms with Crippen molar-refractivity contribution in [2.45, 2.75) is 32.9 Å². The molecule has 0 saturated heterocycles. The van der Waals surface area contributed by atoms with E-state index in [0.29, 0.717) is 11.5 Å². The summed E-state index contributed by atoms with van der Waals surface area (Å²) in [5, 5.41) is 4.19. The molecule has 6 nitrogen and oxygen atoms in total. The number of carbonyl (C=O) groups is 1. The van der Waals surface area contributed by atoms with Crippen molar-refractivity contribution < 1.29 is 18.7 Å². The molecule has 0 radical (unpaired) electrons. The van der Waals surface area contributed by atoms with Crippen molar-refractivity contribution in [3.8, 4) is 5.75 Å². The fourth-order valence-electron chi connectivity index (χ4n) is 1.80. The summed E-state index contributed by atoms with van der Waals surface area (Å²) in [5.74, 6) is 0.898. The van der Waals surface area contributed by atoms with E-state index in [1.54, 1.807) is 18.3 Å². The summed E-state index contributed by atoms with van der Waals surface area (Å²) in [4.78, 5) is 11.3. The van der Waals surface area contributed by atoms with Gasteiger partial charge in [-0.15, -0.1) is 0 Å². The quantitative estimate of drug-likeness (QED) is 0.760. The van der Waals surface area contributed by atoms with Gasteiger partial charge in [-0.25, -0.2) is 4.79 Å². The van der Waals surface area contributed by atoms with Crippen molar-refractivity contribution in [3.63, 3.8) is 0 Å². The zero-order valence-corrected chi connectivity index (χ0v) is 11.8. The molecule has 0 amide bonds. The molecule has 1 atom stereocenters. The van der Waals surface area contributed by atoms with Crippen LogP contribution in [-0.4, -0.2) is 22.9 Å². The number of methoxy groups -OCH3 is 1. The van der Waals surface area contributed by atoms with Gasteiger partial charge in [-0.3, -0.25) is 4.68 Å². The Morgan fingerprint density at radius 1 is 1.50 bits per heavy atom. The summed E-state index contributed by atoms with van der Waals surface area (Å²) in [6.07, 6.45) is 4.20. The molecule has 2 aromatic rings. The number of rotatable bonds is 6. The fraction of sp³-hybridized carbons (Fsp3) is 0.429. The summed E-state index contributed by atoms with van der Waals surface area (Å²) in [5.41, 5.74) is 0. The Hall–Kier alpha value is -2.24. The third-order valence-electron chi connectivity index (χ3n) is 2.79. The van der Waals surface area contributed by atoms with Crippen LogP contribution in [0.25, 0.3) is 0 Å². The smallest absolute Gasteiger partial charge is 0.373 e. The molecule has 0 aliphatic rings. The number of hydrogen-bond donors (Lipinski definition) is 0. The topological polar surface area (TPSA) is 66.5 Å². The van der Waals surface area contributed by atoms with E-state index in [2.05, 4.69) is 16.8 Å². The fourth-order valence-corrected chi connectivity index (χ4v) is 1.80. The van der Waals surface area contributed by atoms with Crippen LogP contribution in [0.15, 0.2) is 28.9 Å². The van der Waals surface area contributed by atoms with Crippen molar-refractivity contribution in [2.24, 2.45) is 0 Å². The molecule has 20 heavy (non-hydrogen) atoms. The van der Waals surface area contributed by atoms with Crippen molar-refractivity contribution in [3.05, 3.63) is 36.0 Å². The third-order valence-corrected chi connectivity index (χ3v) is 2.79.